The van der Waals surface area contributed by atoms with Crippen LogP contribution in [0.4, 0.5) is 0 Å². The van der Waals surface area contributed by atoms with Gasteiger partial charge >= 0.3 is 0 Å². The summed E-state index contributed by atoms with van der Waals surface area (Å²) in [6, 6.07) is 3.38. The first-order valence-corrected chi connectivity index (χ1v) is 7.17. The molecular formula is C10H13BrN2O2S. The highest BCUT2D eigenvalue weighted by Gasteiger charge is 2.09. The minimum Gasteiger partial charge on any atom is -0.351 e. The molecule has 16 heavy (non-hydrogen) atoms. The van der Waals surface area contributed by atoms with Gasteiger partial charge in [-0.25, -0.2) is 4.98 Å². The molecule has 1 N–H and O–H groups in total. The van der Waals surface area contributed by atoms with Gasteiger partial charge in [0.1, 0.15) is 4.60 Å². The Morgan fingerprint density at radius 3 is 3.00 bits per heavy atom. The number of hydrogen-bond donors (Lipinski definition) is 1. The van der Waals surface area contributed by atoms with Crippen molar-refractivity contribution >= 4 is 32.6 Å². The molecule has 1 atom stereocenters. The van der Waals surface area contributed by atoms with Crippen molar-refractivity contribution < 1.29 is 9.00 Å². The first kappa shape index (κ1) is 13.3. The summed E-state index contributed by atoms with van der Waals surface area (Å²) in [6.07, 6.45) is 1.60. The van der Waals surface area contributed by atoms with Gasteiger partial charge in [-0.1, -0.05) is 6.92 Å². The predicted octanol–water partition coefficient (Wildman–Crippen LogP) is 1.34. The van der Waals surface area contributed by atoms with Crippen LogP contribution in [0.2, 0.25) is 0 Å². The minimum absolute atomic E-state index is 0.201. The van der Waals surface area contributed by atoms with Crippen LogP contribution < -0.4 is 5.32 Å². The Balaban J connectivity index is 2.47. The maximum absolute atomic E-state index is 11.7. The highest BCUT2D eigenvalue weighted by atomic mass is 79.9. The average Bonchev–Trinajstić information content (AvgIpc) is 2.29. The van der Waals surface area contributed by atoms with E-state index in [2.05, 4.69) is 26.2 Å². The summed E-state index contributed by atoms with van der Waals surface area (Å²) in [5.41, 5.74) is 0.491. The van der Waals surface area contributed by atoms with Crippen LogP contribution in [0, 0.1) is 0 Å². The van der Waals surface area contributed by atoms with Crippen molar-refractivity contribution in [3.8, 4) is 0 Å². The Labute approximate surface area is 105 Å². The number of nitrogens with one attached hydrogen (secondary N) is 1. The Bertz CT molecular complexity index is 398. The van der Waals surface area contributed by atoms with Crippen molar-refractivity contribution in [1.82, 2.24) is 10.3 Å². The fourth-order valence-electron chi connectivity index (χ4n) is 1.07. The summed E-state index contributed by atoms with van der Waals surface area (Å²) < 4.78 is 11.7. The zero-order valence-electron chi connectivity index (χ0n) is 8.90. The van der Waals surface area contributed by atoms with Gasteiger partial charge in [0.2, 0.25) is 0 Å². The lowest BCUT2D eigenvalue weighted by Crippen LogP contribution is -2.28. The number of amides is 1. The molecule has 1 amide bonds. The molecule has 1 rings (SSSR count). The molecule has 1 aromatic rings. The highest BCUT2D eigenvalue weighted by Crippen LogP contribution is 2.11. The second-order valence-corrected chi connectivity index (χ2v) is 5.65. The minimum atomic E-state index is -0.847. The van der Waals surface area contributed by atoms with Crippen LogP contribution in [0.1, 0.15) is 17.3 Å². The zero-order valence-corrected chi connectivity index (χ0v) is 11.3. The lowest BCUT2D eigenvalue weighted by atomic mass is 10.3. The molecule has 1 unspecified atom stereocenters. The summed E-state index contributed by atoms with van der Waals surface area (Å²) in [5.74, 6) is 0.903. The van der Waals surface area contributed by atoms with Crippen molar-refractivity contribution in [3.05, 3.63) is 28.5 Å². The van der Waals surface area contributed by atoms with Gasteiger partial charge < -0.3 is 5.32 Å². The van der Waals surface area contributed by atoms with Crippen LogP contribution >= 0.6 is 15.9 Å². The van der Waals surface area contributed by atoms with Gasteiger partial charge in [-0.15, -0.1) is 0 Å². The monoisotopic (exact) mass is 304 g/mol. The molecule has 0 spiro atoms. The van der Waals surface area contributed by atoms with E-state index in [1.807, 2.05) is 6.92 Å². The van der Waals surface area contributed by atoms with Gasteiger partial charge in [-0.05, 0) is 28.1 Å². The summed E-state index contributed by atoms with van der Waals surface area (Å²) in [6.45, 7) is 2.27. The Morgan fingerprint density at radius 2 is 2.38 bits per heavy atom. The normalized spacial score (nSPS) is 12.1. The van der Waals surface area contributed by atoms with Gasteiger partial charge in [0.05, 0.1) is 5.56 Å². The quantitative estimate of drug-likeness (QED) is 0.835. The molecule has 0 saturated carbocycles. The van der Waals surface area contributed by atoms with Crippen LogP contribution in [0.3, 0.4) is 0 Å². The SMILES string of the molecule is CCS(=O)CCNC(=O)c1cccnc1Br. The number of hydrogen-bond acceptors (Lipinski definition) is 3. The van der Waals surface area contributed by atoms with Crippen molar-refractivity contribution in [2.45, 2.75) is 6.92 Å². The van der Waals surface area contributed by atoms with E-state index in [1.165, 1.54) is 0 Å². The number of carbonyl (C=O) groups excluding carboxylic acids is 1. The summed E-state index contributed by atoms with van der Waals surface area (Å²) >= 11 is 3.20. The third kappa shape index (κ3) is 4.02. The molecule has 6 heteroatoms. The standard InChI is InChI=1S/C10H13BrN2O2S/c1-2-16(15)7-6-13-10(14)8-4-3-5-12-9(8)11/h3-5H,2,6-7H2,1H3,(H,13,14). The van der Waals surface area contributed by atoms with Gasteiger partial charge in [0.15, 0.2) is 0 Å². The van der Waals surface area contributed by atoms with Crippen LogP contribution in [-0.4, -0.2) is 33.2 Å². The number of rotatable bonds is 5. The molecule has 0 aliphatic heterocycles. The van der Waals surface area contributed by atoms with Crippen molar-refractivity contribution in [1.29, 1.82) is 0 Å². The largest absolute Gasteiger partial charge is 0.351 e. The first-order chi connectivity index (χ1) is 7.65. The summed E-state index contributed by atoms with van der Waals surface area (Å²) in [7, 11) is -0.847. The maximum atomic E-state index is 11.7. The Morgan fingerprint density at radius 1 is 1.62 bits per heavy atom. The van der Waals surface area contributed by atoms with Crippen molar-refractivity contribution in [3.63, 3.8) is 0 Å². The lowest BCUT2D eigenvalue weighted by molar-refractivity contribution is 0.0955. The van der Waals surface area contributed by atoms with E-state index in [1.54, 1.807) is 18.3 Å². The first-order valence-electron chi connectivity index (χ1n) is 4.88. The van der Waals surface area contributed by atoms with Crippen LogP contribution in [-0.2, 0) is 10.8 Å². The van der Waals surface area contributed by atoms with Crippen molar-refractivity contribution in [2.75, 3.05) is 18.1 Å². The van der Waals surface area contributed by atoms with E-state index < -0.39 is 10.8 Å². The zero-order chi connectivity index (χ0) is 12.0. The molecule has 0 aliphatic carbocycles. The van der Waals surface area contributed by atoms with E-state index in [4.69, 9.17) is 0 Å². The Kier molecular flexibility index (Phi) is 5.62. The molecule has 4 nitrogen and oxygen atoms in total. The van der Waals surface area contributed by atoms with E-state index in [9.17, 15) is 9.00 Å². The van der Waals surface area contributed by atoms with Gasteiger partial charge in [0.25, 0.3) is 5.91 Å². The summed E-state index contributed by atoms with van der Waals surface area (Å²) in [5, 5.41) is 2.70. The smallest absolute Gasteiger partial charge is 0.254 e. The van der Waals surface area contributed by atoms with Crippen LogP contribution in [0.15, 0.2) is 22.9 Å². The molecule has 0 aliphatic rings. The van der Waals surface area contributed by atoms with E-state index in [0.29, 0.717) is 28.2 Å². The number of aromatic nitrogens is 1. The molecule has 0 saturated heterocycles. The molecule has 1 aromatic heterocycles. The highest BCUT2D eigenvalue weighted by molar-refractivity contribution is 9.10. The molecule has 0 aromatic carbocycles. The number of carbonyl (C=O) groups is 1. The second kappa shape index (κ2) is 6.75. The number of pyridine rings is 1. The Hall–Kier alpha value is -0.750. The van der Waals surface area contributed by atoms with Gasteiger partial charge in [-0.2, -0.15) is 0 Å². The second-order valence-electron chi connectivity index (χ2n) is 3.03. The average molecular weight is 305 g/mol. The van der Waals surface area contributed by atoms with Crippen LogP contribution in [0.25, 0.3) is 0 Å². The fourth-order valence-corrected chi connectivity index (χ4v) is 2.12. The van der Waals surface area contributed by atoms with Gasteiger partial charge in [0, 0.05) is 35.0 Å². The lowest BCUT2D eigenvalue weighted by Gasteiger charge is -2.05. The third-order valence-corrected chi connectivity index (χ3v) is 3.88. The van der Waals surface area contributed by atoms with E-state index in [-0.39, 0.29) is 5.91 Å². The molecule has 0 bridgehead atoms. The molecule has 0 fully saturated rings. The van der Waals surface area contributed by atoms with Gasteiger partial charge in [-0.3, -0.25) is 9.00 Å². The third-order valence-electron chi connectivity index (χ3n) is 1.94. The topological polar surface area (TPSA) is 59.1 Å². The van der Waals surface area contributed by atoms with Crippen molar-refractivity contribution in [2.24, 2.45) is 0 Å². The van der Waals surface area contributed by atoms with E-state index in [0.717, 1.165) is 0 Å². The maximum Gasteiger partial charge on any atom is 0.254 e. The molecule has 88 valence electrons. The predicted molar refractivity (Wildman–Crippen MR) is 67.8 cm³/mol. The number of nitrogens with zero attached hydrogens (tertiary/aromatic N) is 1. The molecule has 0 radical (unpaired) electrons. The summed E-state index contributed by atoms with van der Waals surface area (Å²) in [4.78, 5) is 15.6. The number of halogens is 1. The fraction of sp³-hybridized carbons (Fsp3) is 0.400. The van der Waals surface area contributed by atoms with Crippen LogP contribution in [0.5, 0.6) is 0 Å². The van der Waals surface area contributed by atoms with E-state index >= 15 is 0 Å². The molecular weight excluding hydrogens is 292 g/mol. The molecule has 1 heterocycles.